The number of aliphatic imine (C=N–C) groups is 1. The zero-order valence-electron chi connectivity index (χ0n) is 17.9. The van der Waals surface area contributed by atoms with E-state index in [1.54, 1.807) is 0 Å². The highest BCUT2D eigenvalue weighted by Gasteiger charge is 2.28. The second-order valence-electron chi connectivity index (χ2n) is 8.35. The quantitative estimate of drug-likeness (QED) is 0.235. The Balaban J connectivity index is 0.00000364. The van der Waals surface area contributed by atoms with Gasteiger partial charge in [0.05, 0.1) is 13.2 Å². The van der Waals surface area contributed by atoms with Gasteiger partial charge in [-0.25, -0.2) is 0 Å². The lowest BCUT2D eigenvalue weighted by Crippen LogP contribution is -2.56. The number of unbranched alkanes of at least 4 members (excludes halogenated alkanes) is 1. The predicted molar refractivity (Wildman–Crippen MR) is 125 cm³/mol. The molecular formula is C20H42IN5O. The number of halogens is 1. The van der Waals surface area contributed by atoms with Crippen LogP contribution in [-0.4, -0.2) is 86.9 Å². The number of rotatable bonds is 8. The standard InChI is InChI=1S/C20H41N5O.HI/c1-18-9-5-7-11-24(18)12-8-6-10-22-19(21-4)23-17-20(2,3)25-13-15-26-16-14-25;/h18H,5-17H2,1-4H3,(H2,21,22,23);1H. The topological polar surface area (TPSA) is 52.1 Å². The molecule has 160 valence electrons. The van der Waals surface area contributed by atoms with Crippen molar-refractivity contribution in [2.24, 2.45) is 4.99 Å². The number of likely N-dealkylation sites (tertiary alicyclic amines) is 1. The predicted octanol–water partition coefficient (Wildman–Crippen LogP) is 2.53. The van der Waals surface area contributed by atoms with Crippen LogP contribution in [0.4, 0.5) is 0 Å². The lowest BCUT2D eigenvalue weighted by molar-refractivity contribution is -0.00833. The summed E-state index contributed by atoms with van der Waals surface area (Å²) in [5, 5.41) is 6.97. The summed E-state index contributed by atoms with van der Waals surface area (Å²) in [5.74, 6) is 0.915. The normalized spacial score (nSPS) is 23.0. The molecule has 2 heterocycles. The molecule has 2 saturated heterocycles. The van der Waals surface area contributed by atoms with Crippen LogP contribution in [0, 0.1) is 0 Å². The highest BCUT2D eigenvalue weighted by molar-refractivity contribution is 14.0. The zero-order valence-corrected chi connectivity index (χ0v) is 20.3. The molecular weight excluding hydrogens is 453 g/mol. The van der Waals surface area contributed by atoms with Crippen LogP contribution in [0.25, 0.3) is 0 Å². The van der Waals surface area contributed by atoms with Crippen LogP contribution < -0.4 is 10.6 Å². The van der Waals surface area contributed by atoms with Crippen molar-refractivity contribution in [3.8, 4) is 0 Å². The summed E-state index contributed by atoms with van der Waals surface area (Å²) < 4.78 is 5.47. The van der Waals surface area contributed by atoms with Crippen molar-refractivity contribution < 1.29 is 4.74 Å². The molecule has 2 N–H and O–H groups in total. The first-order valence-corrected chi connectivity index (χ1v) is 10.5. The summed E-state index contributed by atoms with van der Waals surface area (Å²) in [4.78, 5) is 9.53. The molecule has 0 aromatic rings. The SMILES string of the molecule is CN=C(NCCCCN1CCCCC1C)NCC(C)(C)N1CCOCC1.I. The molecule has 0 aromatic carbocycles. The Morgan fingerprint density at radius 2 is 1.85 bits per heavy atom. The number of hydrogen-bond donors (Lipinski definition) is 2. The summed E-state index contributed by atoms with van der Waals surface area (Å²) in [6, 6.07) is 0.772. The molecule has 7 heteroatoms. The van der Waals surface area contributed by atoms with Gasteiger partial charge in [0.15, 0.2) is 5.96 Å². The van der Waals surface area contributed by atoms with Gasteiger partial charge in [0.25, 0.3) is 0 Å². The second-order valence-corrected chi connectivity index (χ2v) is 8.35. The van der Waals surface area contributed by atoms with Crippen molar-refractivity contribution in [1.82, 2.24) is 20.4 Å². The third-order valence-electron chi connectivity index (χ3n) is 5.88. The van der Waals surface area contributed by atoms with E-state index in [9.17, 15) is 0 Å². The van der Waals surface area contributed by atoms with Crippen molar-refractivity contribution in [1.29, 1.82) is 0 Å². The molecule has 2 fully saturated rings. The van der Waals surface area contributed by atoms with Gasteiger partial charge < -0.3 is 20.3 Å². The summed E-state index contributed by atoms with van der Waals surface area (Å²) in [6.07, 6.45) is 6.60. The first-order chi connectivity index (χ1) is 12.5. The molecule has 27 heavy (non-hydrogen) atoms. The smallest absolute Gasteiger partial charge is 0.191 e. The number of piperidine rings is 1. The van der Waals surface area contributed by atoms with Crippen LogP contribution in [0.2, 0.25) is 0 Å². The monoisotopic (exact) mass is 495 g/mol. The number of ether oxygens (including phenoxy) is 1. The van der Waals surface area contributed by atoms with Crippen LogP contribution in [0.5, 0.6) is 0 Å². The van der Waals surface area contributed by atoms with E-state index >= 15 is 0 Å². The van der Waals surface area contributed by atoms with E-state index in [-0.39, 0.29) is 29.5 Å². The first kappa shape index (κ1) is 24.9. The molecule has 0 bridgehead atoms. The van der Waals surface area contributed by atoms with Crippen LogP contribution in [0.15, 0.2) is 4.99 Å². The third-order valence-corrected chi connectivity index (χ3v) is 5.88. The lowest BCUT2D eigenvalue weighted by atomic mass is 10.0. The van der Waals surface area contributed by atoms with Crippen LogP contribution >= 0.6 is 24.0 Å². The number of nitrogens with zero attached hydrogens (tertiary/aromatic N) is 3. The molecule has 0 aromatic heterocycles. The van der Waals surface area contributed by atoms with Crippen molar-refractivity contribution in [3.63, 3.8) is 0 Å². The van der Waals surface area contributed by atoms with Gasteiger partial charge in [-0.1, -0.05) is 6.42 Å². The van der Waals surface area contributed by atoms with Crippen LogP contribution in [-0.2, 0) is 4.74 Å². The van der Waals surface area contributed by atoms with Gasteiger partial charge in [-0.2, -0.15) is 0 Å². The molecule has 6 nitrogen and oxygen atoms in total. The fourth-order valence-electron chi connectivity index (χ4n) is 3.94. The zero-order chi connectivity index (χ0) is 18.8. The lowest BCUT2D eigenvalue weighted by Gasteiger charge is -2.41. The van der Waals surface area contributed by atoms with Crippen molar-refractivity contribution in [2.45, 2.75) is 64.5 Å². The maximum Gasteiger partial charge on any atom is 0.191 e. The molecule has 1 unspecified atom stereocenters. The van der Waals surface area contributed by atoms with E-state index in [0.717, 1.165) is 51.4 Å². The van der Waals surface area contributed by atoms with Crippen molar-refractivity contribution >= 4 is 29.9 Å². The summed E-state index contributed by atoms with van der Waals surface area (Å²) in [5.41, 5.74) is 0.103. The van der Waals surface area contributed by atoms with Gasteiger partial charge in [-0.05, 0) is 59.5 Å². The fraction of sp³-hybridized carbons (Fsp3) is 0.950. The first-order valence-electron chi connectivity index (χ1n) is 10.5. The number of hydrogen-bond acceptors (Lipinski definition) is 4. The Morgan fingerprint density at radius 3 is 2.52 bits per heavy atom. The van der Waals surface area contributed by atoms with Crippen LogP contribution in [0.1, 0.15) is 52.9 Å². The van der Waals surface area contributed by atoms with Gasteiger partial charge in [0, 0.05) is 44.8 Å². The van der Waals surface area contributed by atoms with Crippen LogP contribution in [0.3, 0.4) is 0 Å². The highest BCUT2D eigenvalue weighted by atomic mass is 127. The van der Waals surface area contributed by atoms with Gasteiger partial charge >= 0.3 is 0 Å². The molecule has 0 spiro atoms. The molecule has 2 aliphatic heterocycles. The summed E-state index contributed by atoms with van der Waals surface area (Å²) in [7, 11) is 1.85. The number of nitrogens with one attached hydrogen (secondary N) is 2. The molecule has 0 aliphatic carbocycles. The molecule has 2 aliphatic rings. The van der Waals surface area contributed by atoms with E-state index in [0.29, 0.717) is 0 Å². The minimum atomic E-state index is 0. The fourth-order valence-corrected chi connectivity index (χ4v) is 3.94. The molecule has 0 saturated carbocycles. The highest BCUT2D eigenvalue weighted by Crippen LogP contribution is 2.17. The second kappa shape index (κ2) is 13.2. The molecule has 0 amide bonds. The van der Waals surface area contributed by atoms with Crippen molar-refractivity contribution in [3.05, 3.63) is 0 Å². The Labute approximate surface area is 183 Å². The van der Waals surface area contributed by atoms with Gasteiger partial charge in [0.1, 0.15) is 0 Å². The maximum atomic E-state index is 5.47. The van der Waals surface area contributed by atoms with E-state index in [4.69, 9.17) is 4.74 Å². The van der Waals surface area contributed by atoms with Gasteiger partial charge in [0.2, 0.25) is 0 Å². The van der Waals surface area contributed by atoms with Gasteiger partial charge in [-0.3, -0.25) is 9.89 Å². The maximum absolute atomic E-state index is 5.47. The largest absolute Gasteiger partial charge is 0.379 e. The van der Waals surface area contributed by atoms with E-state index in [2.05, 4.69) is 46.2 Å². The van der Waals surface area contributed by atoms with E-state index < -0.39 is 0 Å². The molecule has 0 radical (unpaired) electrons. The third kappa shape index (κ3) is 8.83. The Kier molecular flexibility index (Phi) is 12.2. The van der Waals surface area contributed by atoms with Crippen molar-refractivity contribution in [2.75, 3.05) is 59.5 Å². The molecule has 2 rings (SSSR count). The summed E-state index contributed by atoms with van der Waals surface area (Å²) >= 11 is 0. The van der Waals surface area contributed by atoms with Gasteiger partial charge in [-0.15, -0.1) is 24.0 Å². The minimum Gasteiger partial charge on any atom is -0.379 e. The number of morpholine rings is 1. The summed E-state index contributed by atoms with van der Waals surface area (Å²) in [6.45, 7) is 15.0. The number of guanidine groups is 1. The average molecular weight is 495 g/mol. The minimum absolute atomic E-state index is 0. The molecule has 1 atom stereocenters. The average Bonchev–Trinajstić information content (AvgIpc) is 2.66. The Morgan fingerprint density at radius 1 is 1.11 bits per heavy atom. The Hall–Kier alpha value is -0.120. The Bertz CT molecular complexity index is 427. The van der Waals surface area contributed by atoms with E-state index in [1.807, 2.05) is 7.05 Å². The van der Waals surface area contributed by atoms with E-state index in [1.165, 1.54) is 45.2 Å².